The highest BCUT2D eigenvalue weighted by Gasteiger charge is 2.30. The molecule has 22 heavy (non-hydrogen) atoms. The van der Waals surface area contributed by atoms with Crippen molar-refractivity contribution in [2.24, 2.45) is 0 Å². The third-order valence-electron chi connectivity index (χ3n) is 3.86. The van der Waals surface area contributed by atoms with Gasteiger partial charge in [0, 0.05) is 24.5 Å². The minimum Gasteiger partial charge on any atom is -0.395 e. The molecule has 5 nitrogen and oxygen atoms in total. The van der Waals surface area contributed by atoms with Crippen LogP contribution in [0.1, 0.15) is 22.8 Å². The molecule has 0 saturated heterocycles. The minimum absolute atomic E-state index is 0.0791. The fraction of sp³-hybridized carbons (Fsp3) is 0.294. The number of hydrogen-bond donors (Lipinski definition) is 2. The van der Waals surface area contributed by atoms with Crippen LogP contribution in [0, 0.1) is 0 Å². The van der Waals surface area contributed by atoms with Gasteiger partial charge in [0.2, 0.25) is 0 Å². The number of amides is 1. The third kappa shape index (κ3) is 2.55. The molecule has 5 heteroatoms. The molecule has 2 N–H and O–H groups in total. The van der Waals surface area contributed by atoms with Crippen molar-refractivity contribution in [2.75, 3.05) is 18.1 Å². The molecule has 1 aliphatic rings. The number of nitrogens with one attached hydrogen (secondary N) is 1. The Morgan fingerprint density at radius 1 is 1.36 bits per heavy atom. The second-order valence-corrected chi connectivity index (χ2v) is 5.41. The van der Waals surface area contributed by atoms with Crippen LogP contribution in [0.25, 0.3) is 0 Å². The highest BCUT2D eigenvalue weighted by atomic mass is 16.3. The molecule has 114 valence electrons. The average Bonchev–Trinajstić information content (AvgIpc) is 2.88. The molecular weight excluding hydrogens is 278 g/mol. The first-order valence-electron chi connectivity index (χ1n) is 7.43. The number of aliphatic hydroxyl groups excluding tert-OH is 1. The summed E-state index contributed by atoms with van der Waals surface area (Å²) in [6.07, 6.45) is 2.64. The molecule has 0 radical (unpaired) electrons. The summed E-state index contributed by atoms with van der Waals surface area (Å²) in [5.74, 6) is 0.448. The largest absolute Gasteiger partial charge is 0.395 e. The molecule has 0 spiro atoms. The molecule has 1 amide bonds. The number of rotatable bonds is 4. The predicted octanol–water partition coefficient (Wildman–Crippen LogP) is 1.89. The van der Waals surface area contributed by atoms with E-state index in [1.165, 1.54) is 5.56 Å². The maximum Gasteiger partial charge on any atom is 0.255 e. The van der Waals surface area contributed by atoms with E-state index < -0.39 is 0 Å². The van der Waals surface area contributed by atoms with Crippen LogP contribution in [-0.4, -0.2) is 35.2 Å². The average molecular weight is 297 g/mol. The molecule has 1 aromatic heterocycles. The molecule has 1 unspecified atom stereocenters. The monoisotopic (exact) mass is 297 g/mol. The van der Waals surface area contributed by atoms with Crippen molar-refractivity contribution in [3.8, 4) is 0 Å². The molecule has 0 bridgehead atoms. The van der Waals surface area contributed by atoms with E-state index in [1.54, 1.807) is 18.3 Å². The number of pyridine rings is 1. The van der Waals surface area contributed by atoms with Crippen LogP contribution in [0.2, 0.25) is 0 Å². The number of benzene rings is 1. The molecule has 2 aromatic rings. The predicted molar refractivity (Wildman–Crippen MR) is 85.4 cm³/mol. The zero-order chi connectivity index (χ0) is 15.5. The first-order valence-corrected chi connectivity index (χ1v) is 7.43. The van der Waals surface area contributed by atoms with Gasteiger partial charge in [-0.3, -0.25) is 4.79 Å². The fourth-order valence-corrected chi connectivity index (χ4v) is 2.92. The topological polar surface area (TPSA) is 65.5 Å². The van der Waals surface area contributed by atoms with E-state index in [9.17, 15) is 4.79 Å². The van der Waals surface area contributed by atoms with Gasteiger partial charge in [-0.1, -0.05) is 18.2 Å². The lowest BCUT2D eigenvalue weighted by Gasteiger charge is -2.25. The highest BCUT2D eigenvalue weighted by Crippen LogP contribution is 2.38. The molecular formula is C17H19N3O2. The number of carbonyl (C=O) groups is 1. The van der Waals surface area contributed by atoms with E-state index in [0.29, 0.717) is 11.4 Å². The lowest BCUT2D eigenvalue weighted by molar-refractivity contribution is 0.0945. The normalized spacial score (nSPS) is 16.5. The van der Waals surface area contributed by atoms with E-state index in [0.717, 1.165) is 12.1 Å². The summed E-state index contributed by atoms with van der Waals surface area (Å²) in [5, 5.41) is 11.6. The first-order chi connectivity index (χ1) is 10.7. The number of anilines is 2. The van der Waals surface area contributed by atoms with Crippen molar-refractivity contribution in [2.45, 2.75) is 19.4 Å². The Morgan fingerprint density at radius 3 is 3.00 bits per heavy atom. The van der Waals surface area contributed by atoms with Crippen LogP contribution in [0.15, 0.2) is 42.6 Å². The molecule has 0 fully saturated rings. The van der Waals surface area contributed by atoms with E-state index in [-0.39, 0.29) is 25.1 Å². The first kappa shape index (κ1) is 14.5. The lowest BCUT2D eigenvalue weighted by atomic mass is 10.1. The minimum atomic E-state index is -0.214. The van der Waals surface area contributed by atoms with Crippen molar-refractivity contribution < 1.29 is 9.90 Å². The Labute approximate surface area is 129 Å². The number of nitrogens with zero attached hydrogens (tertiary/aromatic N) is 2. The summed E-state index contributed by atoms with van der Waals surface area (Å²) >= 11 is 0. The van der Waals surface area contributed by atoms with Crippen LogP contribution < -0.4 is 10.2 Å². The van der Waals surface area contributed by atoms with Gasteiger partial charge in [0.25, 0.3) is 5.91 Å². The lowest BCUT2D eigenvalue weighted by Crippen LogP contribution is -2.31. The van der Waals surface area contributed by atoms with Gasteiger partial charge in [-0.2, -0.15) is 0 Å². The summed E-state index contributed by atoms with van der Waals surface area (Å²) in [6.45, 7) is 2.29. The highest BCUT2D eigenvalue weighted by molar-refractivity contribution is 6.00. The van der Waals surface area contributed by atoms with Crippen LogP contribution in [0.5, 0.6) is 0 Å². The van der Waals surface area contributed by atoms with E-state index in [2.05, 4.69) is 34.3 Å². The van der Waals surface area contributed by atoms with Gasteiger partial charge in [0.1, 0.15) is 5.82 Å². The van der Waals surface area contributed by atoms with Crippen molar-refractivity contribution >= 4 is 17.4 Å². The van der Waals surface area contributed by atoms with Crippen LogP contribution in [-0.2, 0) is 6.42 Å². The van der Waals surface area contributed by atoms with Gasteiger partial charge >= 0.3 is 0 Å². The Balaban J connectivity index is 2.00. The molecule has 0 aliphatic carbocycles. The molecule has 3 rings (SSSR count). The number of carbonyl (C=O) groups excluding carboxylic acids is 1. The summed E-state index contributed by atoms with van der Waals surface area (Å²) in [5.41, 5.74) is 2.90. The number of para-hydroxylation sites is 1. The van der Waals surface area contributed by atoms with Gasteiger partial charge in [0.15, 0.2) is 0 Å². The van der Waals surface area contributed by atoms with E-state index in [1.807, 2.05) is 12.1 Å². The smallest absolute Gasteiger partial charge is 0.255 e. The van der Waals surface area contributed by atoms with Crippen LogP contribution in [0.4, 0.5) is 11.5 Å². The van der Waals surface area contributed by atoms with E-state index in [4.69, 9.17) is 5.11 Å². The van der Waals surface area contributed by atoms with Crippen molar-refractivity contribution in [3.05, 3.63) is 53.7 Å². The van der Waals surface area contributed by atoms with Gasteiger partial charge in [-0.25, -0.2) is 4.98 Å². The maximum absolute atomic E-state index is 12.3. The van der Waals surface area contributed by atoms with Crippen molar-refractivity contribution in [1.82, 2.24) is 10.3 Å². The second kappa shape index (κ2) is 6.15. The number of hydrogen-bond acceptors (Lipinski definition) is 4. The summed E-state index contributed by atoms with van der Waals surface area (Å²) in [4.78, 5) is 18.9. The molecule has 2 heterocycles. The second-order valence-electron chi connectivity index (χ2n) is 5.41. The fourth-order valence-electron chi connectivity index (χ4n) is 2.92. The Hall–Kier alpha value is -2.40. The number of fused-ring (bicyclic) bond motifs is 1. The Morgan fingerprint density at radius 2 is 2.18 bits per heavy atom. The standard InChI is InChI=1S/C17H19N3O2/c1-12-11-13-5-2-3-7-15(13)20(12)16-14(6-4-8-18-16)17(22)19-9-10-21/h2-8,12,21H,9-11H2,1H3,(H,19,22). The summed E-state index contributed by atoms with van der Waals surface area (Å²) in [7, 11) is 0. The maximum atomic E-state index is 12.3. The van der Waals surface area contributed by atoms with E-state index >= 15 is 0 Å². The van der Waals surface area contributed by atoms with Gasteiger partial charge < -0.3 is 15.3 Å². The molecule has 1 aliphatic heterocycles. The third-order valence-corrected chi connectivity index (χ3v) is 3.86. The number of aromatic nitrogens is 1. The molecule has 1 aromatic carbocycles. The number of aliphatic hydroxyl groups is 1. The summed E-state index contributed by atoms with van der Waals surface area (Å²) < 4.78 is 0. The van der Waals surface area contributed by atoms with Crippen molar-refractivity contribution in [1.29, 1.82) is 0 Å². The van der Waals surface area contributed by atoms with Crippen molar-refractivity contribution in [3.63, 3.8) is 0 Å². The zero-order valence-electron chi connectivity index (χ0n) is 12.5. The molecule has 0 saturated carbocycles. The Bertz CT molecular complexity index is 687. The van der Waals surface area contributed by atoms with Gasteiger partial charge in [0.05, 0.1) is 12.2 Å². The SMILES string of the molecule is CC1Cc2ccccc2N1c1ncccc1C(=O)NCCO. The molecule has 1 atom stereocenters. The summed E-state index contributed by atoms with van der Waals surface area (Å²) in [6, 6.07) is 12.0. The van der Waals surface area contributed by atoms with Crippen LogP contribution >= 0.6 is 0 Å². The van der Waals surface area contributed by atoms with Gasteiger partial charge in [-0.15, -0.1) is 0 Å². The Kier molecular flexibility index (Phi) is 4.06. The van der Waals surface area contributed by atoms with Crippen LogP contribution in [0.3, 0.4) is 0 Å². The van der Waals surface area contributed by atoms with Gasteiger partial charge in [-0.05, 0) is 37.1 Å². The quantitative estimate of drug-likeness (QED) is 0.904. The zero-order valence-corrected chi connectivity index (χ0v) is 12.5.